The maximum absolute atomic E-state index is 11.3. The molecule has 0 spiro atoms. The average molecular weight is 449 g/mol. The van der Waals surface area contributed by atoms with Crippen molar-refractivity contribution in [3.8, 4) is 0 Å². The van der Waals surface area contributed by atoms with Gasteiger partial charge in [-0.15, -0.1) is 0 Å². The molecule has 0 saturated carbocycles. The third-order valence-electron chi connectivity index (χ3n) is 2.84. The van der Waals surface area contributed by atoms with Crippen molar-refractivity contribution in [1.29, 1.82) is 0 Å². The van der Waals surface area contributed by atoms with Crippen LogP contribution in [0.4, 0.5) is 5.69 Å². The topological polar surface area (TPSA) is 198 Å². The van der Waals surface area contributed by atoms with Gasteiger partial charge < -0.3 is 19.4 Å². The molecule has 0 aliphatic carbocycles. The quantitative estimate of drug-likeness (QED) is 0.267. The first-order chi connectivity index (χ1) is 10.2. The van der Waals surface area contributed by atoms with Crippen molar-refractivity contribution in [1.82, 2.24) is 0 Å². The summed E-state index contributed by atoms with van der Waals surface area (Å²) in [4.78, 5) is -3.08. The molecular weight excluding hydrogens is 443 g/mol. The average Bonchev–Trinajstić information content (AvgIpc) is 2.33. The van der Waals surface area contributed by atoms with Crippen molar-refractivity contribution in [2.24, 2.45) is 0 Å². The number of hydrogen-bond donors (Lipinski definition) is 1. The number of anilines is 1. The molecule has 2 aromatic rings. The van der Waals surface area contributed by atoms with Gasteiger partial charge in [0.1, 0.15) is 30.4 Å². The zero-order valence-corrected chi connectivity index (χ0v) is 22.2. The van der Waals surface area contributed by atoms with Gasteiger partial charge in [-0.1, -0.05) is 0 Å². The van der Waals surface area contributed by atoms with Gasteiger partial charge in [-0.3, -0.25) is 0 Å². The molecule has 0 aromatic heterocycles. The Morgan fingerprint density at radius 3 is 1.38 bits per heavy atom. The summed E-state index contributed by atoms with van der Waals surface area (Å²) < 4.78 is 100. The summed E-state index contributed by atoms with van der Waals surface area (Å²) >= 11 is 0. The molecule has 0 unspecified atom stereocenters. The van der Waals surface area contributed by atoms with E-state index in [4.69, 9.17) is 5.73 Å². The first-order valence-corrected chi connectivity index (χ1v) is 9.69. The van der Waals surface area contributed by atoms with Crippen molar-refractivity contribution in [2.45, 2.75) is 14.7 Å². The molecule has 0 aliphatic heterocycles. The monoisotopic (exact) mass is 449 g/mol. The number of nitrogen functional groups attached to an aromatic ring is 1. The van der Waals surface area contributed by atoms with Crippen LogP contribution < -0.4 is 94.4 Å². The van der Waals surface area contributed by atoms with Crippen LogP contribution in [0.15, 0.2) is 39.0 Å². The van der Waals surface area contributed by atoms with E-state index in [9.17, 15) is 38.9 Å². The fourth-order valence-corrected chi connectivity index (χ4v) is 3.85. The molecule has 0 fully saturated rings. The normalized spacial score (nSPS) is 11.8. The van der Waals surface area contributed by atoms with Crippen LogP contribution >= 0.6 is 0 Å². The van der Waals surface area contributed by atoms with Crippen molar-refractivity contribution in [3.63, 3.8) is 0 Å². The van der Waals surface area contributed by atoms with E-state index in [1.165, 1.54) is 0 Å². The second-order valence-corrected chi connectivity index (χ2v) is 8.50. The Hall–Kier alpha value is 1.23. The summed E-state index contributed by atoms with van der Waals surface area (Å²) in [6.07, 6.45) is 0. The van der Waals surface area contributed by atoms with Gasteiger partial charge >= 0.3 is 88.7 Å². The molecule has 126 valence electrons. The third kappa shape index (κ3) is 6.64. The fraction of sp³-hybridized carbons (Fsp3) is 0. The summed E-state index contributed by atoms with van der Waals surface area (Å²) in [5.74, 6) is 0. The predicted molar refractivity (Wildman–Crippen MR) is 72.3 cm³/mol. The minimum Gasteiger partial charge on any atom is -0.744 e. The van der Waals surface area contributed by atoms with Crippen LogP contribution in [0.3, 0.4) is 0 Å². The van der Waals surface area contributed by atoms with Crippen molar-refractivity contribution in [3.05, 3.63) is 24.3 Å². The fourth-order valence-electron chi connectivity index (χ4n) is 1.94. The minimum atomic E-state index is -5.24. The van der Waals surface area contributed by atoms with Crippen LogP contribution in [0.25, 0.3) is 10.8 Å². The number of fused-ring (bicyclic) bond motifs is 1. The first-order valence-electron chi connectivity index (χ1n) is 5.46. The van der Waals surface area contributed by atoms with Crippen molar-refractivity contribution in [2.75, 3.05) is 5.73 Å². The maximum Gasteiger partial charge on any atom is 1.00 e. The van der Waals surface area contributed by atoms with Gasteiger partial charge in [0.15, 0.2) is 0 Å². The number of benzene rings is 2. The van der Waals surface area contributed by atoms with E-state index < -0.39 is 61.5 Å². The summed E-state index contributed by atoms with van der Waals surface area (Å²) in [6, 6.07) is 2.20. The molecule has 0 saturated heterocycles. The van der Waals surface area contributed by atoms with Crippen LogP contribution in [0.2, 0.25) is 0 Å². The molecule has 0 radical (unpaired) electrons. The largest absolute Gasteiger partial charge is 1.00 e. The van der Waals surface area contributed by atoms with E-state index in [1.807, 2.05) is 0 Å². The van der Waals surface area contributed by atoms with E-state index in [1.54, 1.807) is 0 Å². The molecule has 2 N–H and O–H groups in total. The summed E-state index contributed by atoms with van der Waals surface area (Å²) in [6.45, 7) is 0. The van der Waals surface area contributed by atoms with E-state index in [0.29, 0.717) is 24.3 Å². The SMILES string of the molecule is Nc1cc(S(=O)(=O)[O-])cc2cc(S(=O)(=O)[O-])cc(S(=O)(=O)[O-])c12.[Na+].[Na+].[Na+]. The second kappa shape index (κ2) is 9.82. The van der Waals surface area contributed by atoms with E-state index in [2.05, 4.69) is 0 Å². The van der Waals surface area contributed by atoms with E-state index in [0.717, 1.165) is 0 Å². The standard InChI is InChI=1S/C10H9NO9S3.3Na/c11-8-3-6(21(12,13)14)1-5-2-7(22(15,16)17)4-9(10(5)8)23(18,19)20;;;/h1-4H,11H2,(H,12,13,14)(H,15,16,17)(H,18,19,20);;;/q;3*+1/p-3. The van der Waals surface area contributed by atoms with Gasteiger partial charge in [0.2, 0.25) is 0 Å². The predicted octanol–water partition coefficient (Wildman–Crippen LogP) is -9.85. The number of hydrogen-bond acceptors (Lipinski definition) is 10. The summed E-state index contributed by atoms with van der Waals surface area (Å²) in [5, 5.41) is -0.953. The maximum atomic E-state index is 11.3. The Balaban J connectivity index is 0. The third-order valence-corrected chi connectivity index (χ3v) is 5.32. The molecule has 0 atom stereocenters. The Kier molecular flexibility index (Phi) is 11.1. The Morgan fingerprint density at radius 1 is 0.654 bits per heavy atom. The molecule has 0 aliphatic rings. The zero-order chi connectivity index (χ0) is 17.8. The summed E-state index contributed by atoms with van der Waals surface area (Å²) in [5.41, 5.74) is 4.92. The molecule has 0 heterocycles. The van der Waals surface area contributed by atoms with Crippen LogP contribution in [0.1, 0.15) is 0 Å². The van der Waals surface area contributed by atoms with Gasteiger partial charge in [-0.05, 0) is 29.7 Å². The number of rotatable bonds is 3. The molecule has 2 rings (SSSR count). The van der Waals surface area contributed by atoms with Crippen molar-refractivity contribution >= 4 is 46.8 Å². The molecule has 16 heteroatoms. The van der Waals surface area contributed by atoms with Crippen LogP contribution in [0.5, 0.6) is 0 Å². The molecule has 0 bridgehead atoms. The van der Waals surface area contributed by atoms with Gasteiger partial charge in [-0.2, -0.15) is 0 Å². The Morgan fingerprint density at radius 2 is 1.04 bits per heavy atom. The summed E-state index contributed by atoms with van der Waals surface area (Å²) in [7, 11) is -15.4. The van der Waals surface area contributed by atoms with Gasteiger partial charge in [0.25, 0.3) is 0 Å². The zero-order valence-electron chi connectivity index (χ0n) is 13.8. The minimum absolute atomic E-state index is 0. The van der Waals surface area contributed by atoms with Crippen LogP contribution in [-0.2, 0) is 30.4 Å². The molecular formula is C10H6NNa3O9S3. The van der Waals surface area contributed by atoms with E-state index >= 15 is 0 Å². The smallest absolute Gasteiger partial charge is 0.744 e. The molecule has 2 aromatic carbocycles. The van der Waals surface area contributed by atoms with Gasteiger partial charge in [-0.25, -0.2) is 25.3 Å². The van der Waals surface area contributed by atoms with Crippen LogP contribution in [-0.4, -0.2) is 38.9 Å². The molecule has 26 heavy (non-hydrogen) atoms. The van der Waals surface area contributed by atoms with Crippen LogP contribution in [0, 0.1) is 0 Å². The molecule has 10 nitrogen and oxygen atoms in total. The van der Waals surface area contributed by atoms with Gasteiger partial charge in [0.05, 0.1) is 14.7 Å². The van der Waals surface area contributed by atoms with Crippen molar-refractivity contribution < 1.29 is 128 Å². The Labute approximate surface area is 216 Å². The van der Waals surface area contributed by atoms with Gasteiger partial charge in [0, 0.05) is 11.1 Å². The number of nitrogens with two attached hydrogens (primary N) is 1. The molecule has 0 amide bonds. The second-order valence-electron chi connectivity index (χ2n) is 4.39. The first kappa shape index (κ1) is 29.4. The Bertz CT molecular complexity index is 1140. The van der Waals surface area contributed by atoms with E-state index in [-0.39, 0.29) is 88.7 Å².